The molecular weight excluding hydrogens is 394 g/mol. The number of primary sulfonamides is 1. The summed E-state index contributed by atoms with van der Waals surface area (Å²) in [5.74, 6) is -1.39. The molecule has 140 valence electrons. The van der Waals surface area contributed by atoms with Crippen molar-refractivity contribution in [1.29, 1.82) is 0 Å². The van der Waals surface area contributed by atoms with E-state index in [1.165, 1.54) is 6.07 Å². The summed E-state index contributed by atoms with van der Waals surface area (Å²) in [5.41, 5.74) is 10.5. The lowest BCUT2D eigenvalue weighted by Gasteiger charge is -2.17. The van der Waals surface area contributed by atoms with E-state index < -0.39 is 51.7 Å². The van der Waals surface area contributed by atoms with Crippen LogP contribution in [0.1, 0.15) is 20.7 Å². The van der Waals surface area contributed by atoms with Gasteiger partial charge in [-0.1, -0.05) is 0 Å². The van der Waals surface area contributed by atoms with Gasteiger partial charge in [-0.15, -0.1) is 0 Å². The van der Waals surface area contributed by atoms with Crippen LogP contribution in [0.4, 0.5) is 11.4 Å². The molecule has 0 spiro atoms. The Balaban J connectivity index is 2.42. The van der Waals surface area contributed by atoms with E-state index in [-0.39, 0.29) is 16.9 Å². The Morgan fingerprint density at radius 1 is 0.704 bits per heavy atom. The van der Waals surface area contributed by atoms with Gasteiger partial charge in [0.1, 0.15) is 4.90 Å². The Morgan fingerprint density at radius 2 is 1.26 bits per heavy atom. The molecule has 2 aromatic carbocycles. The summed E-state index contributed by atoms with van der Waals surface area (Å²) in [6.45, 7) is 0. The zero-order valence-corrected chi connectivity index (χ0v) is 15.2. The standard InChI is InChI=1S/C16H13N3O6S2/c17-8-1-5-12(27(19,24)25)14(7-8)26(22,23)13-6-2-9(18)15-10(20)3-4-11(21)16(13)15/h1-7H,17-18H2,(H2,19,24,25). The number of hydrogen-bond donors (Lipinski definition) is 3. The third-order valence-electron chi connectivity index (χ3n) is 3.93. The van der Waals surface area contributed by atoms with Gasteiger partial charge in [0, 0.05) is 11.4 Å². The van der Waals surface area contributed by atoms with Crippen molar-refractivity contribution in [2.45, 2.75) is 14.7 Å². The molecule has 0 radical (unpaired) electrons. The number of hydrogen-bond acceptors (Lipinski definition) is 8. The van der Waals surface area contributed by atoms with Gasteiger partial charge in [-0.05, 0) is 42.5 Å². The molecule has 0 amide bonds. The number of allylic oxidation sites excluding steroid dienone is 2. The highest BCUT2D eigenvalue weighted by Gasteiger charge is 2.34. The Morgan fingerprint density at radius 3 is 1.85 bits per heavy atom. The van der Waals surface area contributed by atoms with Gasteiger partial charge in [0.25, 0.3) is 0 Å². The van der Waals surface area contributed by atoms with Crippen LogP contribution in [-0.4, -0.2) is 28.4 Å². The first-order valence-electron chi connectivity index (χ1n) is 7.31. The predicted octanol–water partition coefficient (Wildman–Crippen LogP) is 0.266. The zero-order chi connectivity index (χ0) is 20.1. The monoisotopic (exact) mass is 407 g/mol. The number of sulfone groups is 1. The van der Waals surface area contributed by atoms with E-state index in [0.717, 1.165) is 36.4 Å². The topological polar surface area (TPSA) is 180 Å². The van der Waals surface area contributed by atoms with E-state index in [4.69, 9.17) is 16.6 Å². The zero-order valence-electron chi connectivity index (χ0n) is 13.5. The highest BCUT2D eigenvalue weighted by molar-refractivity contribution is 7.93. The number of nitrogens with two attached hydrogens (primary N) is 3. The lowest BCUT2D eigenvalue weighted by molar-refractivity contribution is 0.0992. The lowest BCUT2D eigenvalue weighted by Crippen LogP contribution is -2.21. The van der Waals surface area contributed by atoms with Crippen LogP contribution in [0.5, 0.6) is 0 Å². The molecule has 3 rings (SSSR count). The summed E-state index contributed by atoms with van der Waals surface area (Å²) in [6, 6.07) is 5.23. The molecule has 6 N–H and O–H groups in total. The molecule has 0 saturated heterocycles. The quantitative estimate of drug-likeness (QED) is 0.606. The van der Waals surface area contributed by atoms with E-state index in [1.807, 2.05) is 0 Å². The van der Waals surface area contributed by atoms with Crippen LogP contribution in [-0.2, 0) is 19.9 Å². The van der Waals surface area contributed by atoms with Crippen molar-refractivity contribution >= 4 is 42.8 Å². The van der Waals surface area contributed by atoms with Crippen molar-refractivity contribution in [1.82, 2.24) is 0 Å². The Hall–Kier alpha value is -3.02. The largest absolute Gasteiger partial charge is 0.399 e. The highest BCUT2D eigenvalue weighted by atomic mass is 32.2. The molecule has 0 atom stereocenters. The molecule has 0 saturated carbocycles. The highest BCUT2D eigenvalue weighted by Crippen LogP contribution is 2.35. The van der Waals surface area contributed by atoms with Gasteiger partial charge < -0.3 is 11.5 Å². The van der Waals surface area contributed by atoms with E-state index in [9.17, 15) is 26.4 Å². The Bertz CT molecular complexity index is 1260. The lowest BCUT2D eigenvalue weighted by atomic mass is 9.93. The molecular formula is C16H13N3O6S2. The van der Waals surface area contributed by atoms with Crippen molar-refractivity contribution in [3.8, 4) is 0 Å². The molecule has 0 fully saturated rings. The molecule has 9 nitrogen and oxygen atoms in total. The third kappa shape index (κ3) is 3.01. The smallest absolute Gasteiger partial charge is 0.239 e. The number of carbonyl (C=O) groups excluding carboxylic acids is 2. The van der Waals surface area contributed by atoms with Crippen molar-refractivity contribution in [3.05, 3.63) is 53.6 Å². The van der Waals surface area contributed by atoms with Crippen LogP contribution in [0.2, 0.25) is 0 Å². The van der Waals surface area contributed by atoms with Crippen LogP contribution in [0, 0.1) is 0 Å². The minimum Gasteiger partial charge on any atom is -0.399 e. The molecule has 1 aliphatic rings. The van der Waals surface area contributed by atoms with Gasteiger partial charge in [-0.3, -0.25) is 9.59 Å². The summed E-state index contributed by atoms with van der Waals surface area (Å²) in [6.07, 6.45) is 1.90. The van der Waals surface area contributed by atoms with Crippen LogP contribution in [0.3, 0.4) is 0 Å². The summed E-state index contributed by atoms with van der Waals surface area (Å²) in [5, 5.41) is 5.11. The maximum atomic E-state index is 13.2. The number of benzene rings is 2. The first kappa shape index (κ1) is 18.8. The van der Waals surface area contributed by atoms with Gasteiger partial charge >= 0.3 is 0 Å². The maximum Gasteiger partial charge on any atom is 0.239 e. The average Bonchev–Trinajstić information content (AvgIpc) is 2.56. The third-order valence-corrected chi connectivity index (χ3v) is 6.87. The number of sulfonamides is 1. The van der Waals surface area contributed by atoms with Gasteiger partial charge in [0.05, 0.1) is 20.9 Å². The van der Waals surface area contributed by atoms with Crippen molar-refractivity contribution in [3.63, 3.8) is 0 Å². The number of nitrogen functional groups attached to an aromatic ring is 2. The summed E-state index contributed by atoms with van der Waals surface area (Å²) >= 11 is 0. The minimum absolute atomic E-state index is 0.0346. The summed E-state index contributed by atoms with van der Waals surface area (Å²) in [7, 11) is -9.01. The predicted molar refractivity (Wildman–Crippen MR) is 96.3 cm³/mol. The molecule has 0 bridgehead atoms. The fourth-order valence-corrected chi connectivity index (χ4v) is 5.59. The Kier molecular flexibility index (Phi) is 4.18. The molecule has 11 heteroatoms. The molecule has 2 aromatic rings. The SMILES string of the molecule is Nc1ccc(S(N)(=O)=O)c(S(=O)(=O)c2ccc(N)c3c2C(=O)C=CC3=O)c1. The van der Waals surface area contributed by atoms with E-state index in [2.05, 4.69) is 0 Å². The van der Waals surface area contributed by atoms with E-state index >= 15 is 0 Å². The van der Waals surface area contributed by atoms with Crippen molar-refractivity contribution < 1.29 is 26.4 Å². The summed E-state index contributed by atoms with van der Waals surface area (Å²) < 4.78 is 50.0. The fraction of sp³-hybridized carbons (Fsp3) is 0. The molecule has 1 aliphatic carbocycles. The van der Waals surface area contributed by atoms with Crippen LogP contribution in [0.15, 0.2) is 57.2 Å². The first-order valence-corrected chi connectivity index (χ1v) is 10.3. The number of rotatable bonds is 3. The number of ketones is 2. The van der Waals surface area contributed by atoms with Crippen molar-refractivity contribution in [2.75, 3.05) is 11.5 Å². The number of anilines is 2. The van der Waals surface area contributed by atoms with Crippen LogP contribution >= 0.6 is 0 Å². The first-order chi connectivity index (χ1) is 12.4. The molecule has 0 heterocycles. The van der Waals surface area contributed by atoms with E-state index in [0.29, 0.717) is 0 Å². The molecule has 0 aliphatic heterocycles. The molecule has 27 heavy (non-hydrogen) atoms. The minimum atomic E-state index is -4.59. The number of carbonyl (C=O) groups is 2. The van der Waals surface area contributed by atoms with Gasteiger partial charge in [0.2, 0.25) is 19.9 Å². The fourth-order valence-electron chi connectivity index (χ4n) is 2.74. The summed E-state index contributed by atoms with van der Waals surface area (Å²) in [4.78, 5) is 22.4. The van der Waals surface area contributed by atoms with Gasteiger partial charge in [-0.2, -0.15) is 0 Å². The van der Waals surface area contributed by atoms with E-state index in [1.54, 1.807) is 0 Å². The normalized spacial score (nSPS) is 14.3. The van der Waals surface area contributed by atoms with Gasteiger partial charge in [-0.25, -0.2) is 22.0 Å². The van der Waals surface area contributed by atoms with Crippen LogP contribution in [0.25, 0.3) is 0 Å². The van der Waals surface area contributed by atoms with Crippen molar-refractivity contribution in [2.24, 2.45) is 5.14 Å². The second kappa shape index (κ2) is 6.01. The molecule has 0 unspecified atom stereocenters. The second-order valence-corrected chi connectivity index (χ2v) is 9.14. The van der Waals surface area contributed by atoms with Gasteiger partial charge in [0.15, 0.2) is 11.6 Å². The maximum absolute atomic E-state index is 13.2. The Labute approximate surface area is 154 Å². The molecule has 0 aromatic heterocycles. The average molecular weight is 407 g/mol. The number of fused-ring (bicyclic) bond motifs is 1. The van der Waals surface area contributed by atoms with Crippen LogP contribution < -0.4 is 16.6 Å². The second-order valence-electron chi connectivity index (χ2n) is 5.72.